The molecule has 0 amide bonds. The standard InChI is InChI=1S/C10H17ClN4OS/c1-3-4-13-10-14-7-8(11)9(15-10)12-5-6-17(2)16/h7H,3-6H2,1-2H3,(H2,12,13,14,15). The summed E-state index contributed by atoms with van der Waals surface area (Å²) < 4.78 is 10.9. The average Bonchev–Trinajstić information content (AvgIpc) is 2.29. The zero-order valence-corrected chi connectivity index (χ0v) is 11.6. The van der Waals surface area contributed by atoms with Crippen LogP contribution in [0, 0.1) is 0 Å². The average molecular weight is 277 g/mol. The summed E-state index contributed by atoms with van der Waals surface area (Å²) in [5.41, 5.74) is 0. The summed E-state index contributed by atoms with van der Waals surface area (Å²) in [4.78, 5) is 8.31. The molecule has 1 rings (SSSR count). The number of halogens is 1. The summed E-state index contributed by atoms with van der Waals surface area (Å²) in [5, 5.41) is 6.59. The highest BCUT2D eigenvalue weighted by Crippen LogP contribution is 2.18. The Kier molecular flexibility index (Phi) is 6.21. The van der Waals surface area contributed by atoms with E-state index in [2.05, 4.69) is 27.5 Å². The van der Waals surface area contributed by atoms with Crippen molar-refractivity contribution in [3.8, 4) is 0 Å². The Labute approximate surface area is 109 Å². The molecule has 1 aromatic rings. The Morgan fingerprint density at radius 3 is 2.82 bits per heavy atom. The van der Waals surface area contributed by atoms with Gasteiger partial charge in [0.2, 0.25) is 5.95 Å². The highest BCUT2D eigenvalue weighted by Gasteiger charge is 2.04. The van der Waals surface area contributed by atoms with E-state index in [0.29, 0.717) is 29.1 Å². The van der Waals surface area contributed by atoms with Crippen LogP contribution in [0.15, 0.2) is 6.20 Å². The van der Waals surface area contributed by atoms with E-state index in [9.17, 15) is 4.21 Å². The van der Waals surface area contributed by atoms with Gasteiger partial charge in [0.15, 0.2) is 5.82 Å². The summed E-state index contributed by atoms with van der Waals surface area (Å²) in [5.74, 6) is 1.69. The molecule has 7 heteroatoms. The molecular weight excluding hydrogens is 260 g/mol. The van der Waals surface area contributed by atoms with E-state index in [1.165, 1.54) is 0 Å². The third-order valence-electron chi connectivity index (χ3n) is 1.96. The van der Waals surface area contributed by atoms with Gasteiger partial charge in [-0.3, -0.25) is 4.21 Å². The smallest absolute Gasteiger partial charge is 0.224 e. The van der Waals surface area contributed by atoms with Crippen molar-refractivity contribution < 1.29 is 4.21 Å². The monoisotopic (exact) mass is 276 g/mol. The molecule has 0 aliphatic rings. The molecule has 96 valence electrons. The van der Waals surface area contributed by atoms with Crippen LogP contribution in [-0.2, 0) is 10.8 Å². The van der Waals surface area contributed by atoms with Gasteiger partial charge in [0.1, 0.15) is 5.02 Å². The van der Waals surface area contributed by atoms with Gasteiger partial charge in [0.05, 0.1) is 6.20 Å². The third kappa shape index (κ3) is 5.32. The fourth-order valence-electron chi connectivity index (χ4n) is 1.13. The molecule has 5 nitrogen and oxygen atoms in total. The SMILES string of the molecule is CCCNc1ncc(Cl)c(NCCS(C)=O)n1. The van der Waals surface area contributed by atoms with E-state index in [1.54, 1.807) is 12.5 Å². The van der Waals surface area contributed by atoms with Crippen LogP contribution in [-0.4, -0.2) is 39.3 Å². The molecule has 0 radical (unpaired) electrons. The Morgan fingerprint density at radius 1 is 1.41 bits per heavy atom. The molecule has 0 fully saturated rings. The highest BCUT2D eigenvalue weighted by atomic mass is 35.5. The van der Waals surface area contributed by atoms with Crippen LogP contribution in [0.3, 0.4) is 0 Å². The van der Waals surface area contributed by atoms with Crippen molar-refractivity contribution in [3.63, 3.8) is 0 Å². The van der Waals surface area contributed by atoms with Crippen molar-refractivity contribution in [1.29, 1.82) is 0 Å². The molecule has 0 aromatic carbocycles. The first-order valence-electron chi connectivity index (χ1n) is 5.43. The minimum atomic E-state index is -0.821. The molecule has 0 spiro atoms. The summed E-state index contributed by atoms with van der Waals surface area (Å²) in [6, 6.07) is 0. The van der Waals surface area contributed by atoms with Crippen molar-refractivity contribution in [2.75, 3.05) is 35.7 Å². The molecule has 1 heterocycles. The number of anilines is 2. The third-order valence-corrected chi connectivity index (χ3v) is 3.01. The number of hydrogen-bond donors (Lipinski definition) is 2. The summed E-state index contributed by atoms with van der Waals surface area (Å²) >= 11 is 5.95. The lowest BCUT2D eigenvalue weighted by molar-refractivity contribution is 0.687. The second-order valence-corrected chi connectivity index (χ2v) is 5.48. The first-order chi connectivity index (χ1) is 8.13. The topological polar surface area (TPSA) is 66.9 Å². The lowest BCUT2D eigenvalue weighted by Gasteiger charge is -2.08. The van der Waals surface area contributed by atoms with Crippen LogP contribution in [0.2, 0.25) is 5.02 Å². The van der Waals surface area contributed by atoms with Gasteiger partial charge >= 0.3 is 0 Å². The number of nitrogens with one attached hydrogen (secondary N) is 2. The largest absolute Gasteiger partial charge is 0.368 e. The van der Waals surface area contributed by atoms with Crippen molar-refractivity contribution >= 4 is 34.2 Å². The van der Waals surface area contributed by atoms with Gasteiger partial charge in [0.25, 0.3) is 0 Å². The van der Waals surface area contributed by atoms with Crippen molar-refractivity contribution in [2.24, 2.45) is 0 Å². The summed E-state index contributed by atoms with van der Waals surface area (Å²) in [6.07, 6.45) is 4.22. The van der Waals surface area contributed by atoms with Crippen LogP contribution in [0.1, 0.15) is 13.3 Å². The minimum Gasteiger partial charge on any atom is -0.368 e. The molecule has 2 N–H and O–H groups in total. The molecule has 1 atom stereocenters. The number of nitrogens with zero attached hydrogens (tertiary/aromatic N) is 2. The molecule has 0 aliphatic heterocycles. The lowest BCUT2D eigenvalue weighted by Crippen LogP contribution is -2.12. The lowest BCUT2D eigenvalue weighted by atomic mass is 10.5. The van der Waals surface area contributed by atoms with Crippen LogP contribution in [0.5, 0.6) is 0 Å². The Hall–Kier alpha value is -0.880. The van der Waals surface area contributed by atoms with Gasteiger partial charge < -0.3 is 10.6 Å². The molecule has 1 unspecified atom stereocenters. The van der Waals surface area contributed by atoms with E-state index < -0.39 is 10.8 Å². The zero-order chi connectivity index (χ0) is 12.7. The van der Waals surface area contributed by atoms with E-state index in [0.717, 1.165) is 13.0 Å². The van der Waals surface area contributed by atoms with Crippen LogP contribution < -0.4 is 10.6 Å². The Morgan fingerprint density at radius 2 is 2.18 bits per heavy atom. The predicted molar refractivity (Wildman–Crippen MR) is 73.2 cm³/mol. The molecule has 0 bridgehead atoms. The fraction of sp³-hybridized carbons (Fsp3) is 0.600. The van der Waals surface area contributed by atoms with E-state index in [-0.39, 0.29) is 0 Å². The molecular formula is C10H17ClN4OS. The van der Waals surface area contributed by atoms with Crippen molar-refractivity contribution in [3.05, 3.63) is 11.2 Å². The Balaban J connectivity index is 2.59. The highest BCUT2D eigenvalue weighted by molar-refractivity contribution is 7.84. The predicted octanol–water partition coefficient (Wildman–Crippen LogP) is 1.74. The zero-order valence-electron chi connectivity index (χ0n) is 9.99. The maximum absolute atomic E-state index is 10.9. The normalized spacial score (nSPS) is 12.2. The van der Waals surface area contributed by atoms with Gasteiger partial charge in [-0.15, -0.1) is 0 Å². The van der Waals surface area contributed by atoms with Crippen LogP contribution >= 0.6 is 11.6 Å². The molecule has 0 aliphatic carbocycles. The van der Waals surface area contributed by atoms with Crippen molar-refractivity contribution in [1.82, 2.24) is 9.97 Å². The van der Waals surface area contributed by atoms with Gasteiger partial charge in [-0.05, 0) is 6.42 Å². The number of aromatic nitrogens is 2. The maximum atomic E-state index is 10.9. The first-order valence-corrected chi connectivity index (χ1v) is 7.54. The Bertz CT molecular complexity index is 389. The number of hydrogen-bond acceptors (Lipinski definition) is 5. The molecule has 17 heavy (non-hydrogen) atoms. The van der Waals surface area contributed by atoms with Gasteiger partial charge in [-0.25, -0.2) is 4.98 Å². The van der Waals surface area contributed by atoms with E-state index in [1.807, 2.05) is 0 Å². The van der Waals surface area contributed by atoms with Crippen LogP contribution in [0.25, 0.3) is 0 Å². The second kappa shape index (κ2) is 7.45. The summed E-state index contributed by atoms with van der Waals surface area (Å²) in [7, 11) is -0.821. The van der Waals surface area contributed by atoms with Crippen LogP contribution in [0.4, 0.5) is 11.8 Å². The maximum Gasteiger partial charge on any atom is 0.224 e. The van der Waals surface area contributed by atoms with Gasteiger partial charge in [-0.1, -0.05) is 18.5 Å². The second-order valence-electron chi connectivity index (χ2n) is 3.52. The minimum absolute atomic E-state index is 0.467. The van der Waals surface area contributed by atoms with E-state index >= 15 is 0 Å². The fourth-order valence-corrected chi connectivity index (χ4v) is 1.67. The summed E-state index contributed by atoms with van der Waals surface area (Å²) in [6.45, 7) is 3.46. The van der Waals surface area contributed by atoms with Gasteiger partial charge in [0, 0.05) is 35.9 Å². The molecule has 0 saturated heterocycles. The van der Waals surface area contributed by atoms with Crippen molar-refractivity contribution in [2.45, 2.75) is 13.3 Å². The quantitative estimate of drug-likeness (QED) is 0.794. The van der Waals surface area contributed by atoms with E-state index in [4.69, 9.17) is 11.6 Å². The van der Waals surface area contributed by atoms with Gasteiger partial charge in [-0.2, -0.15) is 4.98 Å². The first kappa shape index (κ1) is 14.2. The molecule has 1 aromatic heterocycles. The molecule has 0 saturated carbocycles. The number of rotatable bonds is 7.